The number of hydrogen-bond donors (Lipinski definition) is 1. The van der Waals surface area contributed by atoms with E-state index in [1.807, 2.05) is 32.0 Å². The van der Waals surface area contributed by atoms with E-state index >= 15 is 0 Å². The molecule has 84 valence electrons. The fourth-order valence-electron chi connectivity index (χ4n) is 1.72. The van der Waals surface area contributed by atoms with Crippen molar-refractivity contribution in [3.8, 4) is 0 Å². The lowest BCUT2D eigenvalue weighted by Gasteiger charge is -2.05. The van der Waals surface area contributed by atoms with E-state index in [4.69, 9.17) is 9.94 Å². The fourth-order valence-corrected chi connectivity index (χ4v) is 1.72. The number of hydrogen-bond acceptors (Lipinski definition) is 3. The van der Waals surface area contributed by atoms with Crippen LogP contribution in [0.25, 0.3) is 0 Å². The number of aryl methyl sites for hydroxylation is 2. The van der Waals surface area contributed by atoms with Crippen molar-refractivity contribution in [3.63, 3.8) is 0 Å². The third-order valence-electron chi connectivity index (χ3n) is 2.65. The minimum atomic E-state index is -0.968. The highest BCUT2D eigenvalue weighted by molar-refractivity contribution is 6.04. The van der Waals surface area contributed by atoms with Crippen molar-refractivity contribution in [2.45, 2.75) is 26.4 Å². The Morgan fingerprint density at radius 2 is 2.25 bits per heavy atom. The Kier molecular flexibility index (Phi) is 2.64. The monoisotopic (exact) mass is 219 g/mol. The Labute approximate surface area is 93.5 Å². The van der Waals surface area contributed by atoms with E-state index in [0.29, 0.717) is 12.1 Å². The van der Waals surface area contributed by atoms with E-state index < -0.39 is 12.1 Å². The van der Waals surface area contributed by atoms with Crippen molar-refractivity contribution in [3.05, 3.63) is 34.9 Å². The lowest BCUT2D eigenvalue weighted by atomic mass is 9.98. The molecule has 0 aromatic heterocycles. The second-order valence-corrected chi connectivity index (χ2v) is 3.99. The standard InChI is InChI=1S/C12H13NO3/c1-7-3-4-8(2)9(5-7)10-6-11(12(14)15)16-13-10/h3-5,11H,6H2,1-2H3,(H,14,15). The Balaban J connectivity index is 2.27. The van der Waals surface area contributed by atoms with Crippen LogP contribution in [0.1, 0.15) is 23.1 Å². The molecule has 0 bridgehead atoms. The number of benzene rings is 1. The second-order valence-electron chi connectivity index (χ2n) is 3.99. The van der Waals surface area contributed by atoms with Crippen molar-refractivity contribution in [2.24, 2.45) is 5.16 Å². The van der Waals surface area contributed by atoms with E-state index in [0.717, 1.165) is 16.7 Å². The van der Waals surface area contributed by atoms with E-state index in [9.17, 15) is 4.79 Å². The second kappa shape index (κ2) is 3.96. The van der Waals surface area contributed by atoms with Gasteiger partial charge in [0.1, 0.15) is 0 Å². The summed E-state index contributed by atoms with van der Waals surface area (Å²) in [7, 11) is 0. The molecule has 1 aromatic rings. The van der Waals surface area contributed by atoms with Gasteiger partial charge in [-0.1, -0.05) is 22.9 Å². The van der Waals surface area contributed by atoms with Gasteiger partial charge in [-0.15, -0.1) is 0 Å². The molecule has 1 aliphatic rings. The number of carboxylic acids is 1. The molecule has 1 aromatic carbocycles. The molecule has 0 spiro atoms. The van der Waals surface area contributed by atoms with Gasteiger partial charge < -0.3 is 9.94 Å². The summed E-state index contributed by atoms with van der Waals surface area (Å²) in [6.45, 7) is 3.97. The van der Waals surface area contributed by atoms with Crippen LogP contribution in [0.4, 0.5) is 0 Å². The maximum Gasteiger partial charge on any atom is 0.348 e. The molecule has 0 aliphatic carbocycles. The average Bonchev–Trinajstić information content (AvgIpc) is 2.70. The van der Waals surface area contributed by atoms with Gasteiger partial charge in [0.15, 0.2) is 0 Å². The number of nitrogens with zero attached hydrogens (tertiary/aromatic N) is 1. The topological polar surface area (TPSA) is 58.9 Å². The van der Waals surface area contributed by atoms with Gasteiger partial charge in [0.25, 0.3) is 0 Å². The highest BCUT2D eigenvalue weighted by Crippen LogP contribution is 2.20. The summed E-state index contributed by atoms with van der Waals surface area (Å²) in [5, 5.41) is 12.6. The van der Waals surface area contributed by atoms with Crippen LogP contribution < -0.4 is 0 Å². The molecule has 0 saturated heterocycles. The van der Waals surface area contributed by atoms with Gasteiger partial charge in [-0.05, 0) is 25.5 Å². The van der Waals surface area contributed by atoms with Crippen LogP contribution in [0.3, 0.4) is 0 Å². The SMILES string of the molecule is Cc1ccc(C)c(C2=NOC(C(=O)O)C2)c1. The molecule has 1 unspecified atom stereocenters. The number of carbonyl (C=O) groups is 1. The molecule has 1 aliphatic heterocycles. The van der Waals surface area contributed by atoms with Crippen molar-refractivity contribution >= 4 is 11.7 Å². The minimum Gasteiger partial charge on any atom is -0.478 e. The van der Waals surface area contributed by atoms with Crippen LogP contribution in [0.2, 0.25) is 0 Å². The first-order valence-corrected chi connectivity index (χ1v) is 5.11. The summed E-state index contributed by atoms with van der Waals surface area (Å²) in [5.41, 5.74) is 3.90. The molecule has 1 atom stereocenters. The molecule has 4 nitrogen and oxygen atoms in total. The van der Waals surface area contributed by atoms with Gasteiger partial charge in [0, 0.05) is 12.0 Å². The van der Waals surface area contributed by atoms with E-state index in [1.54, 1.807) is 0 Å². The Bertz CT molecular complexity index is 465. The van der Waals surface area contributed by atoms with Crippen LogP contribution in [0, 0.1) is 13.8 Å². The Morgan fingerprint density at radius 3 is 2.88 bits per heavy atom. The molecular weight excluding hydrogens is 206 g/mol. The Morgan fingerprint density at radius 1 is 1.50 bits per heavy atom. The molecule has 1 N–H and O–H groups in total. The first-order chi connectivity index (χ1) is 7.58. The van der Waals surface area contributed by atoms with Gasteiger partial charge in [-0.2, -0.15) is 0 Å². The first kappa shape index (κ1) is 10.7. The van der Waals surface area contributed by atoms with Gasteiger partial charge in [0.05, 0.1) is 5.71 Å². The van der Waals surface area contributed by atoms with Crippen molar-refractivity contribution in [1.29, 1.82) is 0 Å². The van der Waals surface area contributed by atoms with E-state index in [1.165, 1.54) is 0 Å². The zero-order valence-electron chi connectivity index (χ0n) is 9.23. The zero-order valence-corrected chi connectivity index (χ0v) is 9.23. The number of oxime groups is 1. The molecule has 4 heteroatoms. The van der Waals surface area contributed by atoms with Gasteiger partial charge in [0.2, 0.25) is 6.10 Å². The van der Waals surface area contributed by atoms with Gasteiger partial charge >= 0.3 is 5.97 Å². The van der Waals surface area contributed by atoms with Crippen LogP contribution in [0.5, 0.6) is 0 Å². The normalized spacial score (nSPS) is 19.1. The van der Waals surface area contributed by atoms with Gasteiger partial charge in [-0.25, -0.2) is 4.79 Å². The van der Waals surface area contributed by atoms with E-state index in [-0.39, 0.29) is 0 Å². The molecule has 0 radical (unpaired) electrons. The summed E-state index contributed by atoms with van der Waals surface area (Å²) >= 11 is 0. The van der Waals surface area contributed by atoms with Crippen LogP contribution in [0.15, 0.2) is 23.4 Å². The maximum atomic E-state index is 10.7. The van der Waals surface area contributed by atoms with Crippen LogP contribution in [-0.4, -0.2) is 22.9 Å². The largest absolute Gasteiger partial charge is 0.478 e. The maximum absolute atomic E-state index is 10.7. The van der Waals surface area contributed by atoms with E-state index in [2.05, 4.69) is 5.16 Å². The summed E-state index contributed by atoms with van der Waals surface area (Å²) in [4.78, 5) is 15.6. The lowest BCUT2D eigenvalue weighted by Crippen LogP contribution is -2.20. The predicted octanol–water partition coefficient (Wildman–Crippen LogP) is 1.88. The highest BCUT2D eigenvalue weighted by Gasteiger charge is 2.28. The third kappa shape index (κ3) is 1.91. The zero-order chi connectivity index (χ0) is 11.7. The third-order valence-corrected chi connectivity index (χ3v) is 2.65. The molecule has 0 amide bonds. The molecular formula is C12H13NO3. The first-order valence-electron chi connectivity index (χ1n) is 5.11. The summed E-state index contributed by atoms with van der Waals surface area (Å²) in [6.07, 6.45) is -0.505. The molecule has 2 rings (SSSR count). The summed E-state index contributed by atoms with van der Waals surface area (Å²) in [5.74, 6) is -0.968. The quantitative estimate of drug-likeness (QED) is 0.826. The van der Waals surface area contributed by atoms with Crippen LogP contribution >= 0.6 is 0 Å². The van der Waals surface area contributed by atoms with Gasteiger partial charge in [-0.3, -0.25) is 0 Å². The van der Waals surface area contributed by atoms with Crippen molar-refractivity contribution < 1.29 is 14.7 Å². The van der Waals surface area contributed by atoms with Crippen molar-refractivity contribution in [2.75, 3.05) is 0 Å². The van der Waals surface area contributed by atoms with Crippen molar-refractivity contribution in [1.82, 2.24) is 0 Å². The smallest absolute Gasteiger partial charge is 0.348 e. The van der Waals surface area contributed by atoms with Crippen LogP contribution in [-0.2, 0) is 9.63 Å². The summed E-state index contributed by atoms with van der Waals surface area (Å²) in [6, 6.07) is 6.02. The number of rotatable bonds is 2. The minimum absolute atomic E-state index is 0.333. The molecule has 0 saturated carbocycles. The Hall–Kier alpha value is -1.84. The highest BCUT2D eigenvalue weighted by atomic mass is 16.7. The lowest BCUT2D eigenvalue weighted by molar-refractivity contribution is -0.148. The average molecular weight is 219 g/mol. The number of aliphatic carboxylic acids is 1. The summed E-state index contributed by atoms with van der Waals surface area (Å²) < 4.78 is 0. The predicted molar refractivity (Wildman–Crippen MR) is 59.6 cm³/mol. The molecule has 1 heterocycles. The molecule has 16 heavy (non-hydrogen) atoms. The molecule has 0 fully saturated rings. The number of carboxylic acid groups (broad SMARTS) is 1. The fraction of sp³-hybridized carbons (Fsp3) is 0.333.